The van der Waals surface area contributed by atoms with E-state index < -0.39 is 0 Å². The third-order valence-corrected chi connectivity index (χ3v) is 4.47. The van der Waals surface area contributed by atoms with Crippen molar-refractivity contribution in [1.82, 2.24) is 0 Å². The lowest BCUT2D eigenvalue weighted by atomic mass is 10.0. The number of rotatable bonds is 18. The summed E-state index contributed by atoms with van der Waals surface area (Å²) < 4.78 is 5.90. The Morgan fingerprint density at radius 3 is 1.55 bits per heavy atom. The zero-order chi connectivity index (χ0) is 16.3. The number of hydrogen-bond donors (Lipinski definition) is 1. The van der Waals surface area contributed by atoms with Gasteiger partial charge in [0.1, 0.15) is 0 Å². The monoisotopic (exact) mass is 314 g/mol. The number of aliphatic hydroxyl groups is 1. The highest BCUT2D eigenvalue weighted by Crippen LogP contribution is 2.16. The Morgan fingerprint density at radius 2 is 1.09 bits per heavy atom. The molecule has 1 N–H and O–H groups in total. The Kier molecular flexibility index (Phi) is 18.9. The lowest BCUT2D eigenvalue weighted by Crippen LogP contribution is -2.12. The molecule has 0 rings (SSSR count). The molecule has 0 saturated carbocycles. The van der Waals surface area contributed by atoms with Gasteiger partial charge in [-0.2, -0.15) is 0 Å². The fraction of sp³-hybridized carbons (Fsp3) is 1.00. The van der Waals surface area contributed by atoms with Gasteiger partial charge in [0, 0.05) is 13.2 Å². The predicted octanol–water partition coefficient (Wildman–Crippen LogP) is 6.26. The first-order valence-electron chi connectivity index (χ1n) is 10.1. The van der Waals surface area contributed by atoms with Crippen LogP contribution in [0.4, 0.5) is 0 Å². The van der Waals surface area contributed by atoms with E-state index in [1.165, 1.54) is 89.9 Å². The fourth-order valence-electron chi connectivity index (χ4n) is 3.07. The van der Waals surface area contributed by atoms with Gasteiger partial charge in [-0.15, -0.1) is 0 Å². The Balaban J connectivity index is 3.44. The van der Waals surface area contributed by atoms with Crippen LogP contribution >= 0.6 is 0 Å². The van der Waals surface area contributed by atoms with E-state index in [9.17, 15) is 0 Å². The molecule has 0 aromatic heterocycles. The van der Waals surface area contributed by atoms with Crippen LogP contribution < -0.4 is 0 Å². The van der Waals surface area contributed by atoms with E-state index >= 15 is 0 Å². The van der Waals surface area contributed by atoms with Crippen LogP contribution in [0.2, 0.25) is 0 Å². The van der Waals surface area contributed by atoms with Gasteiger partial charge in [-0.1, -0.05) is 84.0 Å². The highest BCUT2D eigenvalue weighted by atomic mass is 16.5. The summed E-state index contributed by atoms with van der Waals surface area (Å²) in [6.07, 6.45) is 20.1. The Labute approximate surface area is 140 Å². The van der Waals surface area contributed by atoms with E-state index in [-0.39, 0.29) is 0 Å². The summed E-state index contributed by atoms with van der Waals surface area (Å²) in [5.74, 6) is 0. The van der Waals surface area contributed by atoms with Gasteiger partial charge in [-0.25, -0.2) is 0 Å². The highest BCUT2D eigenvalue weighted by molar-refractivity contribution is 4.60. The predicted molar refractivity (Wildman–Crippen MR) is 97.4 cm³/mol. The minimum absolute atomic E-state index is 0.352. The second-order valence-corrected chi connectivity index (χ2v) is 6.62. The van der Waals surface area contributed by atoms with Crippen molar-refractivity contribution in [3.63, 3.8) is 0 Å². The van der Waals surface area contributed by atoms with Gasteiger partial charge in [-0.3, -0.25) is 0 Å². The largest absolute Gasteiger partial charge is 0.396 e. The number of hydrogen-bond acceptors (Lipinski definition) is 2. The van der Waals surface area contributed by atoms with Crippen molar-refractivity contribution in [3.8, 4) is 0 Å². The van der Waals surface area contributed by atoms with Crippen molar-refractivity contribution >= 4 is 0 Å². The third kappa shape index (κ3) is 16.3. The zero-order valence-electron chi connectivity index (χ0n) is 15.5. The SMILES string of the molecule is CCCCCCCCCC(CCCCCCCCO)OCC. The number of unbranched alkanes of at least 4 members (excludes halogenated alkanes) is 11. The summed E-state index contributed by atoms with van der Waals surface area (Å²) in [6, 6.07) is 0. The van der Waals surface area contributed by atoms with Crippen molar-refractivity contribution in [2.45, 2.75) is 116 Å². The first-order chi connectivity index (χ1) is 10.8. The standard InChI is InChI=1S/C20H42O2/c1-3-5-6-7-8-11-14-17-20(22-4-2)18-15-12-9-10-13-16-19-21/h20-21H,3-19H2,1-2H3. The first-order valence-corrected chi connectivity index (χ1v) is 10.1. The van der Waals surface area contributed by atoms with Crippen LogP contribution in [0.25, 0.3) is 0 Å². The summed E-state index contributed by atoms with van der Waals surface area (Å²) in [6.45, 7) is 5.61. The van der Waals surface area contributed by atoms with E-state index in [0.717, 1.165) is 13.0 Å². The summed E-state index contributed by atoms with van der Waals surface area (Å²) in [7, 11) is 0. The van der Waals surface area contributed by atoms with Crippen LogP contribution in [0, 0.1) is 0 Å². The molecule has 0 heterocycles. The molecule has 134 valence electrons. The minimum atomic E-state index is 0.352. The van der Waals surface area contributed by atoms with Gasteiger partial charge in [0.05, 0.1) is 6.10 Å². The van der Waals surface area contributed by atoms with Crippen LogP contribution in [0.15, 0.2) is 0 Å². The smallest absolute Gasteiger partial charge is 0.0575 e. The molecule has 0 bridgehead atoms. The molecule has 22 heavy (non-hydrogen) atoms. The van der Waals surface area contributed by atoms with Gasteiger partial charge in [0.25, 0.3) is 0 Å². The van der Waals surface area contributed by atoms with E-state index in [0.29, 0.717) is 12.7 Å². The van der Waals surface area contributed by atoms with Crippen molar-refractivity contribution in [2.75, 3.05) is 13.2 Å². The summed E-state index contributed by atoms with van der Waals surface area (Å²) in [5, 5.41) is 8.75. The third-order valence-electron chi connectivity index (χ3n) is 4.47. The molecule has 0 aliphatic rings. The lowest BCUT2D eigenvalue weighted by Gasteiger charge is -2.17. The maximum absolute atomic E-state index is 8.75. The lowest BCUT2D eigenvalue weighted by molar-refractivity contribution is 0.0470. The summed E-state index contributed by atoms with van der Waals surface area (Å²) in [5.41, 5.74) is 0. The van der Waals surface area contributed by atoms with Gasteiger partial charge in [-0.05, 0) is 26.2 Å². The maximum Gasteiger partial charge on any atom is 0.0575 e. The average Bonchev–Trinajstić information content (AvgIpc) is 2.53. The molecule has 2 heteroatoms. The molecule has 0 fully saturated rings. The topological polar surface area (TPSA) is 29.5 Å². The minimum Gasteiger partial charge on any atom is -0.396 e. The molecule has 0 saturated heterocycles. The van der Waals surface area contributed by atoms with Crippen molar-refractivity contribution in [2.24, 2.45) is 0 Å². The van der Waals surface area contributed by atoms with Crippen LogP contribution in [-0.4, -0.2) is 24.4 Å². The fourth-order valence-corrected chi connectivity index (χ4v) is 3.07. The van der Waals surface area contributed by atoms with Gasteiger partial charge < -0.3 is 9.84 Å². The van der Waals surface area contributed by atoms with E-state index in [1.807, 2.05) is 0 Å². The molecule has 1 unspecified atom stereocenters. The molecular formula is C20H42O2. The van der Waals surface area contributed by atoms with Crippen molar-refractivity contribution in [1.29, 1.82) is 0 Å². The van der Waals surface area contributed by atoms with Crippen LogP contribution in [0.3, 0.4) is 0 Å². The number of aliphatic hydroxyl groups excluding tert-OH is 1. The van der Waals surface area contributed by atoms with E-state index in [4.69, 9.17) is 9.84 Å². The molecule has 0 aromatic rings. The Hall–Kier alpha value is -0.0800. The average molecular weight is 315 g/mol. The molecule has 0 amide bonds. The Bertz CT molecular complexity index is 176. The molecule has 1 atom stereocenters. The highest BCUT2D eigenvalue weighted by Gasteiger charge is 2.07. The molecule has 0 aliphatic heterocycles. The zero-order valence-corrected chi connectivity index (χ0v) is 15.5. The maximum atomic E-state index is 8.75. The van der Waals surface area contributed by atoms with Gasteiger partial charge in [0.2, 0.25) is 0 Å². The van der Waals surface area contributed by atoms with Gasteiger partial charge >= 0.3 is 0 Å². The quantitative estimate of drug-likeness (QED) is 0.303. The second kappa shape index (κ2) is 19.0. The molecule has 0 radical (unpaired) electrons. The van der Waals surface area contributed by atoms with Crippen LogP contribution in [0.1, 0.15) is 110 Å². The van der Waals surface area contributed by atoms with Crippen molar-refractivity contribution < 1.29 is 9.84 Å². The molecule has 0 aromatic carbocycles. The molecule has 2 nitrogen and oxygen atoms in total. The molecule has 0 spiro atoms. The second-order valence-electron chi connectivity index (χ2n) is 6.62. The van der Waals surface area contributed by atoms with Crippen molar-refractivity contribution in [3.05, 3.63) is 0 Å². The van der Waals surface area contributed by atoms with E-state index in [2.05, 4.69) is 13.8 Å². The molecule has 0 aliphatic carbocycles. The van der Waals surface area contributed by atoms with Gasteiger partial charge in [0.15, 0.2) is 0 Å². The Morgan fingerprint density at radius 1 is 0.636 bits per heavy atom. The van der Waals surface area contributed by atoms with Crippen LogP contribution in [-0.2, 0) is 4.74 Å². The summed E-state index contributed by atoms with van der Waals surface area (Å²) in [4.78, 5) is 0. The normalized spacial score (nSPS) is 12.7. The molecular weight excluding hydrogens is 272 g/mol. The summed E-state index contributed by atoms with van der Waals surface area (Å²) >= 11 is 0. The van der Waals surface area contributed by atoms with E-state index in [1.54, 1.807) is 0 Å². The number of ether oxygens (including phenoxy) is 1. The first kappa shape index (κ1) is 21.9. The van der Waals surface area contributed by atoms with Crippen LogP contribution in [0.5, 0.6) is 0 Å².